The lowest BCUT2D eigenvalue weighted by molar-refractivity contribution is -0.143. The quantitative estimate of drug-likeness (QED) is 0.0320. The van der Waals surface area contributed by atoms with E-state index in [1.807, 2.05) is 6.08 Å². The number of ether oxygens (including phenoxy) is 1. The van der Waals surface area contributed by atoms with Crippen LogP contribution >= 0.6 is 0 Å². The zero-order valence-corrected chi connectivity index (χ0v) is 48.9. The lowest BCUT2D eigenvalue weighted by atomic mass is 10.0. The molecule has 0 aliphatic heterocycles. The molecule has 0 aliphatic carbocycles. The lowest BCUT2D eigenvalue weighted by Gasteiger charge is -2.20. The van der Waals surface area contributed by atoms with Gasteiger partial charge in [-0.2, -0.15) is 0 Å². The molecular weight excluding hydrogens is 887 g/mol. The number of amides is 1. The second-order valence-corrected chi connectivity index (χ2v) is 22.8. The molecule has 0 saturated carbocycles. The van der Waals surface area contributed by atoms with E-state index in [0.717, 1.165) is 57.8 Å². The topological polar surface area (TPSA) is 95.9 Å². The minimum atomic E-state index is -0.857. The highest BCUT2D eigenvalue weighted by Crippen LogP contribution is 2.19. The molecule has 0 aromatic rings. The third kappa shape index (κ3) is 57.9. The SMILES string of the molecule is CCCCCCCCCCCCCCCCCCCCCCCCC/C=C/C(O)C(CO)NC(=O)CCCCCCCCCCCCCOC(=O)CCCCCCCCCCCCCCCCCCCCC. The Bertz CT molecular complexity index is 1080. The summed E-state index contributed by atoms with van der Waals surface area (Å²) in [6, 6.07) is -0.642. The Labute approximate surface area is 450 Å². The van der Waals surface area contributed by atoms with Crippen molar-refractivity contribution in [3.8, 4) is 0 Å². The van der Waals surface area contributed by atoms with Crippen molar-refractivity contribution in [2.45, 2.75) is 386 Å². The maximum absolute atomic E-state index is 12.5. The van der Waals surface area contributed by atoms with E-state index in [1.54, 1.807) is 6.08 Å². The summed E-state index contributed by atoms with van der Waals surface area (Å²) >= 11 is 0. The molecule has 2 atom stereocenters. The Morgan fingerprint density at radius 3 is 0.944 bits per heavy atom. The van der Waals surface area contributed by atoms with Crippen molar-refractivity contribution in [3.05, 3.63) is 12.2 Å². The third-order valence-corrected chi connectivity index (χ3v) is 15.6. The van der Waals surface area contributed by atoms with Crippen molar-refractivity contribution in [2.24, 2.45) is 0 Å². The number of carbonyl (C=O) groups excluding carboxylic acids is 2. The van der Waals surface area contributed by atoms with Crippen LogP contribution < -0.4 is 5.32 Å². The number of allylic oxidation sites excluding steroid dienone is 1. The van der Waals surface area contributed by atoms with Crippen molar-refractivity contribution in [1.29, 1.82) is 0 Å². The van der Waals surface area contributed by atoms with Crippen LogP contribution in [0.2, 0.25) is 0 Å². The molecule has 2 unspecified atom stereocenters. The van der Waals surface area contributed by atoms with Crippen LogP contribution in [0, 0.1) is 0 Å². The van der Waals surface area contributed by atoms with Gasteiger partial charge in [-0.15, -0.1) is 0 Å². The normalized spacial score (nSPS) is 12.6. The largest absolute Gasteiger partial charge is 0.466 e. The highest BCUT2D eigenvalue weighted by molar-refractivity contribution is 5.76. The molecule has 0 heterocycles. The molecule has 428 valence electrons. The molecule has 72 heavy (non-hydrogen) atoms. The summed E-state index contributed by atoms with van der Waals surface area (Å²) < 4.78 is 5.49. The number of aliphatic hydroxyl groups excluding tert-OH is 2. The smallest absolute Gasteiger partial charge is 0.305 e. The summed E-state index contributed by atoms with van der Waals surface area (Å²) in [6.45, 7) is 4.91. The maximum atomic E-state index is 12.5. The number of esters is 1. The minimum Gasteiger partial charge on any atom is -0.466 e. The Hall–Kier alpha value is -1.40. The zero-order chi connectivity index (χ0) is 52.2. The molecule has 6 nitrogen and oxygen atoms in total. The second-order valence-electron chi connectivity index (χ2n) is 22.8. The highest BCUT2D eigenvalue weighted by Gasteiger charge is 2.18. The molecule has 0 rings (SSSR count). The summed E-state index contributed by atoms with van der Waals surface area (Å²) in [6.07, 6.45) is 75.5. The molecule has 6 heteroatoms. The molecular formula is C66H129NO5. The van der Waals surface area contributed by atoms with E-state index >= 15 is 0 Å². The van der Waals surface area contributed by atoms with Crippen LogP contribution in [0.4, 0.5) is 0 Å². The fourth-order valence-corrected chi connectivity index (χ4v) is 10.5. The van der Waals surface area contributed by atoms with Crippen LogP contribution in [0.3, 0.4) is 0 Å². The van der Waals surface area contributed by atoms with Crippen LogP contribution in [-0.2, 0) is 14.3 Å². The van der Waals surface area contributed by atoms with Gasteiger partial charge >= 0.3 is 5.97 Å². The number of hydrogen-bond acceptors (Lipinski definition) is 5. The molecule has 1 amide bonds. The Kier molecular flexibility index (Phi) is 60.9. The number of rotatable bonds is 62. The fraction of sp³-hybridized carbons (Fsp3) is 0.939. The average molecular weight is 1020 g/mol. The molecule has 3 N–H and O–H groups in total. The first-order valence-electron chi connectivity index (χ1n) is 33.0. The van der Waals surface area contributed by atoms with E-state index < -0.39 is 12.1 Å². The van der Waals surface area contributed by atoms with E-state index in [9.17, 15) is 19.8 Å². The maximum Gasteiger partial charge on any atom is 0.305 e. The molecule has 0 saturated heterocycles. The van der Waals surface area contributed by atoms with Gasteiger partial charge in [-0.1, -0.05) is 341 Å². The predicted octanol–water partition coefficient (Wildman–Crippen LogP) is 20.8. The van der Waals surface area contributed by atoms with Gasteiger partial charge in [0, 0.05) is 12.8 Å². The molecule has 0 radical (unpaired) electrons. The van der Waals surface area contributed by atoms with Gasteiger partial charge in [0.2, 0.25) is 5.91 Å². The van der Waals surface area contributed by atoms with Crippen LogP contribution in [0.5, 0.6) is 0 Å². The fourth-order valence-electron chi connectivity index (χ4n) is 10.5. The van der Waals surface area contributed by atoms with Crippen molar-refractivity contribution in [1.82, 2.24) is 5.32 Å². The van der Waals surface area contributed by atoms with Gasteiger partial charge in [-0.05, 0) is 32.1 Å². The van der Waals surface area contributed by atoms with Gasteiger partial charge in [0.25, 0.3) is 0 Å². The van der Waals surface area contributed by atoms with E-state index in [4.69, 9.17) is 4.74 Å². The minimum absolute atomic E-state index is 0.00913. The van der Waals surface area contributed by atoms with Crippen LogP contribution in [0.1, 0.15) is 373 Å². The van der Waals surface area contributed by atoms with Gasteiger partial charge in [0.1, 0.15) is 0 Å². The van der Waals surface area contributed by atoms with Gasteiger partial charge in [0.15, 0.2) is 0 Å². The number of hydrogen-bond donors (Lipinski definition) is 3. The van der Waals surface area contributed by atoms with Crippen LogP contribution in [-0.4, -0.2) is 47.4 Å². The van der Waals surface area contributed by atoms with Crippen molar-refractivity contribution >= 4 is 11.9 Å². The molecule has 0 aromatic carbocycles. The van der Waals surface area contributed by atoms with E-state index in [1.165, 1.54) is 289 Å². The summed E-state index contributed by atoms with van der Waals surface area (Å²) in [5.74, 6) is -0.0906. The molecule has 0 fully saturated rings. The Morgan fingerprint density at radius 2 is 0.639 bits per heavy atom. The third-order valence-electron chi connectivity index (χ3n) is 15.6. The molecule has 0 aromatic heterocycles. The summed E-state index contributed by atoms with van der Waals surface area (Å²) in [4.78, 5) is 24.6. The van der Waals surface area contributed by atoms with Gasteiger partial charge < -0.3 is 20.3 Å². The first-order chi connectivity index (χ1) is 35.5. The van der Waals surface area contributed by atoms with Crippen molar-refractivity contribution in [3.63, 3.8) is 0 Å². The van der Waals surface area contributed by atoms with E-state index in [-0.39, 0.29) is 18.5 Å². The first-order valence-corrected chi connectivity index (χ1v) is 33.0. The van der Waals surface area contributed by atoms with Crippen LogP contribution in [0.15, 0.2) is 12.2 Å². The van der Waals surface area contributed by atoms with E-state index in [0.29, 0.717) is 19.4 Å². The number of aliphatic hydroxyl groups is 2. The summed E-state index contributed by atoms with van der Waals surface area (Å²) in [5.41, 5.74) is 0. The number of carbonyl (C=O) groups is 2. The predicted molar refractivity (Wildman–Crippen MR) is 315 cm³/mol. The number of nitrogens with one attached hydrogen (secondary N) is 1. The monoisotopic (exact) mass is 1020 g/mol. The van der Waals surface area contributed by atoms with Gasteiger partial charge in [0.05, 0.1) is 25.4 Å². The van der Waals surface area contributed by atoms with Gasteiger partial charge in [-0.3, -0.25) is 9.59 Å². The second kappa shape index (κ2) is 62.1. The number of unbranched alkanes of at least 4 members (excludes halogenated alkanes) is 51. The van der Waals surface area contributed by atoms with Crippen LogP contribution in [0.25, 0.3) is 0 Å². The summed E-state index contributed by atoms with van der Waals surface area (Å²) in [5, 5.41) is 23.2. The van der Waals surface area contributed by atoms with Crippen molar-refractivity contribution < 1.29 is 24.5 Å². The van der Waals surface area contributed by atoms with Crippen molar-refractivity contribution in [2.75, 3.05) is 13.2 Å². The Balaban J connectivity index is 3.45. The molecule has 0 bridgehead atoms. The lowest BCUT2D eigenvalue weighted by Crippen LogP contribution is -2.45. The summed E-state index contributed by atoms with van der Waals surface area (Å²) in [7, 11) is 0. The molecule has 0 spiro atoms. The molecule has 0 aliphatic rings. The zero-order valence-electron chi connectivity index (χ0n) is 48.9. The average Bonchev–Trinajstić information content (AvgIpc) is 3.38. The van der Waals surface area contributed by atoms with E-state index in [2.05, 4.69) is 19.2 Å². The highest BCUT2D eigenvalue weighted by atomic mass is 16.5. The first kappa shape index (κ1) is 70.6. The standard InChI is InChI=1S/C66H129NO5/c1-3-5-7-9-11-13-15-17-19-21-23-24-25-26-27-28-30-31-33-35-38-42-46-50-54-58-64(69)63(62-68)67-65(70)59-55-51-47-43-39-37-41-45-49-53-57-61-72-66(71)60-56-52-48-44-40-36-34-32-29-22-20-18-16-14-12-10-8-6-4-2/h54,58,63-64,68-69H,3-53,55-57,59-62H2,1-2H3,(H,67,70)/b58-54+. The van der Waals surface area contributed by atoms with Gasteiger partial charge in [-0.25, -0.2) is 0 Å². The Morgan fingerprint density at radius 1 is 0.375 bits per heavy atom.